The number of carbonyl (C=O) groups excluding carboxylic acids is 2. The molecule has 0 aliphatic carbocycles. The van der Waals surface area contributed by atoms with Crippen LogP contribution < -0.4 is 10.1 Å². The summed E-state index contributed by atoms with van der Waals surface area (Å²) in [6, 6.07) is 17.2. The van der Waals surface area contributed by atoms with Crippen molar-refractivity contribution in [2.45, 2.75) is 6.54 Å². The standard InChI is InChI=1S/C23H20ClFN2O3/c1-27(23(29)16-5-3-7-19(13-16)30-2)14-17-6-4-8-20(24)21(17)26-22(28)15-9-11-18(25)12-10-15/h3-13H,14H2,1-2H3,(H,26,28). The van der Waals surface area contributed by atoms with Crippen LogP contribution in [0.4, 0.5) is 10.1 Å². The average molecular weight is 427 g/mol. The summed E-state index contributed by atoms with van der Waals surface area (Å²) in [5.74, 6) is -0.470. The van der Waals surface area contributed by atoms with Crippen LogP contribution in [0.2, 0.25) is 5.02 Å². The van der Waals surface area contributed by atoms with E-state index in [1.165, 1.54) is 36.3 Å². The molecule has 7 heteroatoms. The quantitative estimate of drug-likeness (QED) is 0.602. The Balaban J connectivity index is 1.81. The van der Waals surface area contributed by atoms with Gasteiger partial charge in [0.25, 0.3) is 11.8 Å². The Hall–Kier alpha value is -3.38. The van der Waals surface area contributed by atoms with Crippen LogP contribution in [0.5, 0.6) is 5.75 Å². The van der Waals surface area contributed by atoms with Crippen LogP contribution >= 0.6 is 11.6 Å². The number of hydrogen-bond donors (Lipinski definition) is 1. The van der Waals surface area contributed by atoms with Crippen molar-refractivity contribution in [3.63, 3.8) is 0 Å². The Morgan fingerprint density at radius 2 is 1.73 bits per heavy atom. The van der Waals surface area contributed by atoms with Crippen LogP contribution in [0, 0.1) is 5.82 Å². The molecule has 0 fully saturated rings. The third-order valence-corrected chi connectivity index (χ3v) is 4.83. The van der Waals surface area contributed by atoms with Crippen LogP contribution in [0.15, 0.2) is 66.7 Å². The van der Waals surface area contributed by atoms with Crippen LogP contribution in [0.1, 0.15) is 26.3 Å². The van der Waals surface area contributed by atoms with Gasteiger partial charge in [-0.1, -0.05) is 29.8 Å². The molecule has 0 aliphatic heterocycles. The summed E-state index contributed by atoms with van der Waals surface area (Å²) < 4.78 is 18.3. The number of anilines is 1. The lowest BCUT2D eigenvalue weighted by Gasteiger charge is -2.20. The summed E-state index contributed by atoms with van der Waals surface area (Å²) in [5, 5.41) is 3.10. The Bertz CT molecular complexity index is 1070. The number of benzene rings is 3. The first-order valence-electron chi connectivity index (χ1n) is 9.13. The van der Waals surface area contributed by atoms with Gasteiger partial charge in [-0.05, 0) is 54.1 Å². The molecule has 1 N–H and O–H groups in total. The zero-order valence-corrected chi connectivity index (χ0v) is 17.2. The third-order valence-electron chi connectivity index (χ3n) is 4.52. The van der Waals surface area contributed by atoms with E-state index in [1.54, 1.807) is 49.5 Å². The maximum atomic E-state index is 13.1. The van der Waals surface area contributed by atoms with Gasteiger partial charge in [0.15, 0.2) is 0 Å². The smallest absolute Gasteiger partial charge is 0.255 e. The van der Waals surface area contributed by atoms with Gasteiger partial charge < -0.3 is 15.0 Å². The fourth-order valence-electron chi connectivity index (χ4n) is 2.93. The third kappa shape index (κ3) is 4.96. The van der Waals surface area contributed by atoms with E-state index in [2.05, 4.69) is 5.32 Å². The largest absolute Gasteiger partial charge is 0.497 e. The molecule has 0 saturated heterocycles. The van der Waals surface area contributed by atoms with Gasteiger partial charge in [0.05, 0.1) is 17.8 Å². The highest BCUT2D eigenvalue weighted by atomic mass is 35.5. The summed E-state index contributed by atoms with van der Waals surface area (Å²) in [6.07, 6.45) is 0. The van der Waals surface area contributed by atoms with Gasteiger partial charge in [-0.2, -0.15) is 0 Å². The van der Waals surface area contributed by atoms with Gasteiger partial charge in [-0.25, -0.2) is 4.39 Å². The number of carbonyl (C=O) groups is 2. The van der Waals surface area contributed by atoms with Crippen molar-refractivity contribution < 1.29 is 18.7 Å². The highest BCUT2D eigenvalue weighted by molar-refractivity contribution is 6.34. The lowest BCUT2D eigenvalue weighted by Crippen LogP contribution is -2.27. The number of para-hydroxylation sites is 1. The molecular formula is C23H20ClFN2O3. The zero-order valence-electron chi connectivity index (χ0n) is 16.5. The first-order chi connectivity index (χ1) is 14.4. The predicted molar refractivity (Wildman–Crippen MR) is 115 cm³/mol. The van der Waals surface area contributed by atoms with Crippen molar-refractivity contribution in [1.82, 2.24) is 4.90 Å². The molecule has 0 aromatic heterocycles. The van der Waals surface area contributed by atoms with Crippen LogP contribution in [0.25, 0.3) is 0 Å². The van der Waals surface area contributed by atoms with E-state index in [4.69, 9.17) is 16.3 Å². The molecule has 30 heavy (non-hydrogen) atoms. The van der Waals surface area contributed by atoms with Gasteiger partial charge in [0, 0.05) is 24.7 Å². The monoisotopic (exact) mass is 426 g/mol. The molecule has 3 aromatic carbocycles. The number of nitrogens with one attached hydrogen (secondary N) is 1. The summed E-state index contributed by atoms with van der Waals surface area (Å²) >= 11 is 6.31. The normalized spacial score (nSPS) is 10.4. The molecule has 154 valence electrons. The lowest BCUT2D eigenvalue weighted by atomic mass is 10.1. The van der Waals surface area contributed by atoms with Crippen molar-refractivity contribution in [3.8, 4) is 5.75 Å². The Kier molecular flexibility index (Phi) is 6.69. The van der Waals surface area contributed by atoms with Crippen LogP contribution in [0.3, 0.4) is 0 Å². The van der Waals surface area contributed by atoms with E-state index < -0.39 is 11.7 Å². The fourth-order valence-corrected chi connectivity index (χ4v) is 3.17. The number of methoxy groups -OCH3 is 1. The molecule has 2 amide bonds. The Morgan fingerprint density at radius 1 is 1.03 bits per heavy atom. The van der Waals surface area contributed by atoms with E-state index in [0.717, 1.165) is 0 Å². The number of ether oxygens (including phenoxy) is 1. The summed E-state index contributed by atoms with van der Waals surface area (Å²) in [7, 11) is 3.20. The lowest BCUT2D eigenvalue weighted by molar-refractivity contribution is 0.0785. The zero-order chi connectivity index (χ0) is 21.7. The highest BCUT2D eigenvalue weighted by Crippen LogP contribution is 2.28. The van der Waals surface area contributed by atoms with Gasteiger partial charge in [-0.3, -0.25) is 9.59 Å². The predicted octanol–water partition coefficient (Wildman–Crippen LogP) is 5.01. The number of hydrogen-bond acceptors (Lipinski definition) is 3. The van der Waals surface area contributed by atoms with Crippen molar-refractivity contribution in [3.05, 3.63) is 94.3 Å². The second-order valence-corrected chi connectivity index (χ2v) is 7.04. The van der Waals surface area contributed by atoms with Crippen molar-refractivity contribution in [2.24, 2.45) is 0 Å². The molecule has 0 radical (unpaired) electrons. The molecule has 3 aromatic rings. The van der Waals surface area contributed by atoms with Gasteiger partial charge >= 0.3 is 0 Å². The van der Waals surface area contributed by atoms with E-state index >= 15 is 0 Å². The van der Waals surface area contributed by atoms with E-state index in [0.29, 0.717) is 33.1 Å². The van der Waals surface area contributed by atoms with Gasteiger partial charge in [0.1, 0.15) is 11.6 Å². The highest BCUT2D eigenvalue weighted by Gasteiger charge is 2.17. The first-order valence-corrected chi connectivity index (χ1v) is 9.50. The topological polar surface area (TPSA) is 58.6 Å². The minimum Gasteiger partial charge on any atom is -0.497 e. The fraction of sp³-hybridized carbons (Fsp3) is 0.130. The number of rotatable bonds is 6. The average Bonchev–Trinajstić information content (AvgIpc) is 2.76. The molecule has 0 bridgehead atoms. The van der Waals surface area contributed by atoms with Gasteiger partial charge in [-0.15, -0.1) is 0 Å². The SMILES string of the molecule is COc1cccc(C(=O)N(C)Cc2cccc(Cl)c2NC(=O)c2ccc(F)cc2)c1. The van der Waals surface area contributed by atoms with Crippen molar-refractivity contribution >= 4 is 29.1 Å². The first kappa shape index (κ1) is 21.3. The van der Waals surface area contributed by atoms with E-state index in [9.17, 15) is 14.0 Å². The molecule has 0 atom stereocenters. The maximum Gasteiger partial charge on any atom is 0.255 e. The Labute approximate surface area is 179 Å². The number of halogens is 2. The molecule has 0 unspecified atom stereocenters. The molecule has 3 rings (SSSR count). The summed E-state index contributed by atoms with van der Waals surface area (Å²) in [4.78, 5) is 26.9. The van der Waals surface area contributed by atoms with Crippen molar-refractivity contribution in [2.75, 3.05) is 19.5 Å². The molecular weight excluding hydrogens is 407 g/mol. The minimum absolute atomic E-state index is 0.204. The molecule has 0 aliphatic rings. The Morgan fingerprint density at radius 3 is 2.43 bits per heavy atom. The van der Waals surface area contributed by atoms with E-state index in [-0.39, 0.29) is 12.5 Å². The van der Waals surface area contributed by atoms with Crippen molar-refractivity contribution in [1.29, 1.82) is 0 Å². The molecule has 0 heterocycles. The summed E-state index contributed by atoms with van der Waals surface area (Å²) in [5.41, 5.74) is 1.84. The summed E-state index contributed by atoms with van der Waals surface area (Å²) in [6.45, 7) is 0.218. The molecule has 0 saturated carbocycles. The number of amides is 2. The van der Waals surface area contributed by atoms with Crippen LogP contribution in [-0.2, 0) is 6.54 Å². The minimum atomic E-state index is -0.428. The van der Waals surface area contributed by atoms with E-state index in [1.807, 2.05) is 0 Å². The second-order valence-electron chi connectivity index (χ2n) is 6.63. The van der Waals surface area contributed by atoms with Gasteiger partial charge in [0.2, 0.25) is 0 Å². The molecule has 0 spiro atoms. The number of nitrogens with zero attached hydrogens (tertiary/aromatic N) is 1. The van der Waals surface area contributed by atoms with Crippen LogP contribution in [-0.4, -0.2) is 30.9 Å². The second kappa shape index (κ2) is 9.41. The molecule has 5 nitrogen and oxygen atoms in total. The maximum absolute atomic E-state index is 13.1.